The zero-order valence-corrected chi connectivity index (χ0v) is 10.9. The van der Waals surface area contributed by atoms with E-state index in [0.29, 0.717) is 16.6 Å². The van der Waals surface area contributed by atoms with Crippen molar-refractivity contribution in [3.63, 3.8) is 0 Å². The van der Waals surface area contributed by atoms with Crippen LogP contribution < -0.4 is 0 Å². The maximum Gasteiger partial charge on any atom is 0.138 e. The standard InChI is InChI=1S/C15H24O/c1-4-12(16)15-7-11-5-13(2,9-15)8-14(3,6-11)10-15/h11H,4-10H2,1-3H3. The number of hydrogen-bond acceptors (Lipinski definition) is 1. The van der Waals surface area contributed by atoms with E-state index in [1.54, 1.807) is 0 Å². The third-order valence-corrected chi connectivity index (χ3v) is 5.54. The van der Waals surface area contributed by atoms with Gasteiger partial charge in [0.05, 0.1) is 0 Å². The van der Waals surface area contributed by atoms with Crippen LogP contribution in [0.25, 0.3) is 0 Å². The zero-order valence-electron chi connectivity index (χ0n) is 10.9. The molecule has 0 N–H and O–H groups in total. The molecule has 0 aromatic carbocycles. The van der Waals surface area contributed by atoms with Gasteiger partial charge in [0.25, 0.3) is 0 Å². The van der Waals surface area contributed by atoms with Gasteiger partial charge < -0.3 is 0 Å². The highest BCUT2D eigenvalue weighted by Crippen LogP contribution is 2.69. The van der Waals surface area contributed by atoms with Crippen molar-refractivity contribution < 1.29 is 4.79 Å². The van der Waals surface area contributed by atoms with Crippen LogP contribution in [0.2, 0.25) is 0 Å². The van der Waals surface area contributed by atoms with Gasteiger partial charge in [0.1, 0.15) is 5.78 Å². The zero-order chi connectivity index (χ0) is 11.6. The minimum Gasteiger partial charge on any atom is -0.299 e. The monoisotopic (exact) mass is 220 g/mol. The average molecular weight is 220 g/mol. The Morgan fingerprint density at radius 1 is 1.06 bits per heavy atom. The van der Waals surface area contributed by atoms with Crippen LogP contribution in [0.3, 0.4) is 0 Å². The molecule has 0 radical (unpaired) electrons. The van der Waals surface area contributed by atoms with E-state index in [9.17, 15) is 4.79 Å². The number of hydrogen-bond donors (Lipinski definition) is 0. The minimum atomic E-state index is 0.0949. The molecule has 4 rings (SSSR count). The fourth-order valence-corrected chi connectivity index (χ4v) is 6.13. The van der Waals surface area contributed by atoms with Crippen molar-refractivity contribution in [1.29, 1.82) is 0 Å². The van der Waals surface area contributed by atoms with E-state index < -0.39 is 0 Å². The second-order valence-corrected chi connectivity index (χ2v) is 7.69. The van der Waals surface area contributed by atoms with Gasteiger partial charge in [-0.2, -0.15) is 0 Å². The first-order valence-corrected chi connectivity index (χ1v) is 6.92. The molecule has 2 atom stereocenters. The van der Waals surface area contributed by atoms with E-state index in [1.165, 1.54) is 38.5 Å². The molecule has 0 aromatic heterocycles. The summed E-state index contributed by atoms with van der Waals surface area (Å²) in [6.07, 6.45) is 8.50. The molecule has 90 valence electrons. The average Bonchev–Trinajstić information content (AvgIpc) is 2.10. The number of ketones is 1. The molecule has 0 spiro atoms. The van der Waals surface area contributed by atoms with Crippen molar-refractivity contribution in [3.05, 3.63) is 0 Å². The summed E-state index contributed by atoms with van der Waals surface area (Å²) in [4.78, 5) is 12.3. The molecule has 4 saturated carbocycles. The van der Waals surface area contributed by atoms with E-state index >= 15 is 0 Å². The van der Waals surface area contributed by atoms with Crippen LogP contribution >= 0.6 is 0 Å². The van der Waals surface area contributed by atoms with Gasteiger partial charge in [-0.1, -0.05) is 20.8 Å². The van der Waals surface area contributed by atoms with Gasteiger partial charge >= 0.3 is 0 Å². The van der Waals surface area contributed by atoms with Crippen LogP contribution in [0.1, 0.15) is 65.7 Å². The number of carbonyl (C=O) groups is 1. The summed E-state index contributed by atoms with van der Waals surface area (Å²) in [6.45, 7) is 6.92. The van der Waals surface area contributed by atoms with Gasteiger partial charge in [-0.05, 0) is 55.3 Å². The maximum absolute atomic E-state index is 12.3. The molecule has 1 nitrogen and oxygen atoms in total. The Kier molecular flexibility index (Phi) is 1.97. The van der Waals surface area contributed by atoms with Crippen molar-refractivity contribution in [1.82, 2.24) is 0 Å². The highest BCUT2D eigenvalue weighted by atomic mass is 16.1. The predicted octanol–water partition coefficient (Wildman–Crippen LogP) is 3.96. The molecular formula is C15H24O. The number of rotatable bonds is 2. The van der Waals surface area contributed by atoms with Crippen LogP contribution in [0.4, 0.5) is 0 Å². The van der Waals surface area contributed by atoms with Crippen molar-refractivity contribution in [2.45, 2.75) is 65.7 Å². The Hall–Kier alpha value is -0.330. The SMILES string of the molecule is CCC(=O)C12CC3CC(C)(CC(C)(C3)C1)C2. The third-order valence-electron chi connectivity index (χ3n) is 5.54. The second-order valence-electron chi connectivity index (χ2n) is 7.69. The van der Waals surface area contributed by atoms with Crippen molar-refractivity contribution in [2.24, 2.45) is 22.2 Å². The number of carbonyl (C=O) groups excluding carboxylic acids is 1. The van der Waals surface area contributed by atoms with Crippen LogP contribution in [-0.2, 0) is 4.79 Å². The summed E-state index contributed by atoms with van der Waals surface area (Å²) in [5.74, 6) is 1.41. The van der Waals surface area contributed by atoms with Crippen LogP contribution in [-0.4, -0.2) is 5.78 Å². The molecule has 1 heteroatoms. The summed E-state index contributed by atoms with van der Waals surface area (Å²) in [7, 11) is 0. The molecule has 0 amide bonds. The van der Waals surface area contributed by atoms with E-state index in [-0.39, 0.29) is 5.41 Å². The first kappa shape index (κ1) is 10.8. The lowest BCUT2D eigenvalue weighted by Crippen LogP contribution is -2.57. The topological polar surface area (TPSA) is 17.1 Å². The molecule has 4 aliphatic rings. The van der Waals surface area contributed by atoms with Gasteiger partial charge in [0, 0.05) is 11.8 Å². The highest BCUT2D eigenvalue weighted by molar-refractivity contribution is 5.85. The van der Waals surface area contributed by atoms with Crippen molar-refractivity contribution >= 4 is 5.78 Å². The van der Waals surface area contributed by atoms with Gasteiger partial charge in [-0.3, -0.25) is 4.79 Å². The lowest BCUT2D eigenvalue weighted by atomic mass is 9.39. The molecule has 4 fully saturated rings. The summed E-state index contributed by atoms with van der Waals surface area (Å²) < 4.78 is 0. The van der Waals surface area contributed by atoms with Gasteiger partial charge in [-0.15, -0.1) is 0 Å². The Labute approximate surface area is 99.0 Å². The van der Waals surface area contributed by atoms with E-state index in [4.69, 9.17) is 0 Å². The first-order chi connectivity index (χ1) is 7.39. The number of Topliss-reactive ketones (excluding diaryl/α,β-unsaturated/α-hetero) is 1. The van der Waals surface area contributed by atoms with Gasteiger partial charge in [0.15, 0.2) is 0 Å². The van der Waals surface area contributed by atoms with Crippen molar-refractivity contribution in [2.75, 3.05) is 0 Å². The fraction of sp³-hybridized carbons (Fsp3) is 0.933. The smallest absolute Gasteiger partial charge is 0.138 e. The van der Waals surface area contributed by atoms with Crippen LogP contribution in [0.5, 0.6) is 0 Å². The molecule has 0 heterocycles. The molecular weight excluding hydrogens is 196 g/mol. The van der Waals surface area contributed by atoms with E-state index in [1.807, 2.05) is 6.92 Å². The highest BCUT2D eigenvalue weighted by Gasteiger charge is 2.61. The molecule has 0 aliphatic heterocycles. The fourth-order valence-electron chi connectivity index (χ4n) is 6.13. The molecule has 4 bridgehead atoms. The molecule has 0 aromatic rings. The van der Waals surface area contributed by atoms with Crippen LogP contribution in [0, 0.1) is 22.2 Å². The maximum atomic E-state index is 12.3. The predicted molar refractivity (Wildman–Crippen MR) is 65.1 cm³/mol. The second kappa shape index (κ2) is 2.91. The summed E-state index contributed by atoms with van der Waals surface area (Å²) >= 11 is 0. The molecule has 0 saturated heterocycles. The molecule has 2 unspecified atom stereocenters. The van der Waals surface area contributed by atoms with E-state index in [0.717, 1.165) is 12.3 Å². The molecule has 4 aliphatic carbocycles. The normalized spacial score (nSPS) is 54.3. The largest absolute Gasteiger partial charge is 0.299 e. The molecule has 16 heavy (non-hydrogen) atoms. The summed E-state index contributed by atoms with van der Waals surface area (Å²) in [6, 6.07) is 0. The van der Waals surface area contributed by atoms with Crippen molar-refractivity contribution in [3.8, 4) is 0 Å². The minimum absolute atomic E-state index is 0.0949. The quantitative estimate of drug-likeness (QED) is 0.688. The van der Waals surface area contributed by atoms with Crippen LogP contribution in [0.15, 0.2) is 0 Å². The lowest BCUT2D eigenvalue weighted by Gasteiger charge is -2.64. The Bertz CT molecular complexity index is 325. The van der Waals surface area contributed by atoms with E-state index in [2.05, 4.69) is 13.8 Å². The summed E-state index contributed by atoms with van der Waals surface area (Å²) in [5.41, 5.74) is 1.07. The van der Waals surface area contributed by atoms with Gasteiger partial charge in [-0.25, -0.2) is 0 Å². The summed E-state index contributed by atoms with van der Waals surface area (Å²) in [5, 5.41) is 0. The third kappa shape index (κ3) is 1.33. The van der Waals surface area contributed by atoms with Gasteiger partial charge in [0.2, 0.25) is 0 Å². The first-order valence-electron chi connectivity index (χ1n) is 6.92. The Morgan fingerprint density at radius 2 is 1.62 bits per heavy atom. The Balaban J connectivity index is 2.01. The lowest BCUT2D eigenvalue weighted by molar-refractivity contribution is -0.167. The Morgan fingerprint density at radius 3 is 2.06 bits per heavy atom.